The summed E-state index contributed by atoms with van der Waals surface area (Å²) in [7, 11) is 1.39. The van der Waals surface area contributed by atoms with Gasteiger partial charge in [-0.25, -0.2) is 9.18 Å². The van der Waals surface area contributed by atoms with E-state index in [0.29, 0.717) is 16.7 Å². The van der Waals surface area contributed by atoms with E-state index in [9.17, 15) is 14.0 Å². The van der Waals surface area contributed by atoms with Gasteiger partial charge >= 0.3 is 5.76 Å². The minimum Gasteiger partial charge on any atom is -0.494 e. The molecule has 3 aromatic rings. The summed E-state index contributed by atoms with van der Waals surface area (Å²) in [6, 6.07) is 11.2. The monoisotopic (exact) mass is 358 g/mol. The van der Waals surface area contributed by atoms with E-state index in [1.165, 1.54) is 23.8 Å². The molecule has 1 aromatic heterocycles. The first-order chi connectivity index (χ1) is 12.5. The third-order valence-electron chi connectivity index (χ3n) is 4.19. The average Bonchev–Trinajstić information content (AvgIpc) is 2.95. The highest BCUT2D eigenvalue weighted by molar-refractivity contribution is 5.77. The van der Waals surface area contributed by atoms with E-state index < -0.39 is 11.6 Å². The molecule has 1 amide bonds. The maximum atomic E-state index is 13.8. The number of ether oxygens (including phenoxy) is 1. The highest BCUT2D eigenvalue weighted by Crippen LogP contribution is 2.21. The fourth-order valence-electron chi connectivity index (χ4n) is 2.79. The van der Waals surface area contributed by atoms with Crippen molar-refractivity contribution in [1.29, 1.82) is 0 Å². The lowest BCUT2D eigenvalue weighted by Crippen LogP contribution is -2.28. The van der Waals surface area contributed by atoms with Crippen LogP contribution in [-0.4, -0.2) is 17.6 Å². The number of methoxy groups -OCH3 is 1. The fraction of sp³-hybridized carbons (Fsp3) is 0.263. The Labute approximate surface area is 149 Å². The third-order valence-corrected chi connectivity index (χ3v) is 4.19. The SMILES string of the molecule is COc1ccc([C@@H](C)NC(=O)CCn2c(=O)oc3ccccc32)cc1F. The van der Waals surface area contributed by atoms with Gasteiger partial charge in [0, 0.05) is 13.0 Å². The lowest BCUT2D eigenvalue weighted by molar-refractivity contribution is -0.121. The summed E-state index contributed by atoms with van der Waals surface area (Å²) >= 11 is 0. The van der Waals surface area contributed by atoms with Crippen LogP contribution in [-0.2, 0) is 11.3 Å². The first-order valence-corrected chi connectivity index (χ1v) is 8.20. The Morgan fingerprint density at radius 1 is 1.31 bits per heavy atom. The topological polar surface area (TPSA) is 73.5 Å². The Balaban J connectivity index is 1.64. The molecular formula is C19H19FN2O4. The normalized spacial score (nSPS) is 12.1. The molecule has 26 heavy (non-hydrogen) atoms. The summed E-state index contributed by atoms with van der Waals surface area (Å²) in [6.07, 6.45) is 0.104. The molecule has 0 unspecified atom stereocenters. The van der Waals surface area contributed by atoms with Crippen molar-refractivity contribution in [3.63, 3.8) is 0 Å². The number of amides is 1. The molecule has 0 saturated carbocycles. The van der Waals surface area contributed by atoms with Crippen LogP contribution < -0.4 is 15.8 Å². The van der Waals surface area contributed by atoms with E-state index in [4.69, 9.17) is 9.15 Å². The van der Waals surface area contributed by atoms with E-state index in [-0.39, 0.29) is 30.7 Å². The first-order valence-electron chi connectivity index (χ1n) is 8.20. The van der Waals surface area contributed by atoms with Crippen molar-refractivity contribution >= 4 is 17.0 Å². The van der Waals surface area contributed by atoms with Crippen LogP contribution in [0.2, 0.25) is 0 Å². The van der Waals surface area contributed by atoms with Crippen LogP contribution in [0.15, 0.2) is 51.7 Å². The minimum atomic E-state index is -0.496. The second-order valence-corrected chi connectivity index (χ2v) is 5.92. The number of nitrogens with one attached hydrogen (secondary N) is 1. The Kier molecular flexibility index (Phi) is 5.06. The molecule has 1 heterocycles. The van der Waals surface area contributed by atoms with Gasteiger partial charge in [0.05, 0.1) is 18.7 Å². The molecule has 0 saturated heterocycles. The summed E-state index contributed by atoms with van der Waals surface area (Å²) in [6.45, 7) is 1.96. The molecule has 7 heteroatoms. The van der Waals surface area contributed by atoms with Crippen molar-refractivity contribution in [2.75, 3.05) is 7.11 Å². The van der Waals surface area contributed by atoms with Gasteiger partial charge in [0.25, 0.3) is 0 Å². The van der Waals surface area contributed by atoms with Crippen molar-refractivity contribution in [2.45, 2.75) is 25.9 Å². The number of hydrogen-bond donors (Lipinski definition) is 1. The molecule has 6 nitrogen and oxygen atoms in total. The van der Waals surface area contributed by atoms with Crippen LogP contribution in [0, 0.1) is 5.82 Å². The maximum absolute atomic E-state index is 13.8. The van der Waals surface area contributed by atoms with Gasteiger partial charge in [0.15, 0.2) is 17.1 Å². The number of nitrogens with zero attached hydrogens (tertiary/aromatic N) is 1. The Bertz CT molecular complexity index is 993. The highest BCUT2D eigenvalue weighted by Gasteiger charge is 2.14. The Hall–Kier alpha value is -3.09. The zero-order valence-electron chi connectivity index (χ0n) is 14.5. The number of halogens is 1. The lowest BCUT2D eigenvalue weighted by Gasteiger charge is -2.15. The number of aromatic nitrogens is 1. The number of aryl methyl sites for hydroxylation is 1. The molecule has 1 N–H and O–H groups in total. The molecule has 0 radical (unpaired) electrons. The van der Waals surface area contributed by atoms with Gasteiger partial charge in [-0.2, -0.15) is 0 Å². The molecule has 0 aliphatic rings. The van der Waals surface area contributed by atoms with Gasteiger partial charge in [-0.15, -0.1) is 0 Å². The average molecular weight is 358 g/mol. The standard InChI is InChI=1S/C19H19FN2O4/c1-12(13-7-8-16(25-2)14(20)11-13)21-18(23)9-10-22-15-5-3-4-6-17(15)26-19(22)24/h3-8,11-12H,9-10H2,1-2H3,(H,21,23)/t12-/m1/s1. The highest BCUT2D eigenvalue weighted by atomic mass is 19.1. The molecule has 0 aliphatic heterocycles. The summed E-state index contributed by atoms with van der Waals surface area (Å²) in [4.78, 5) is 24.1. The molecule has 0 spiro atoms. The number of fused-ring (bicyclic) bond motifs is 1. The number of hydrogen-bond acceptors (Lipinski definition) is 4. The minimum absolute atomic E-state index is 0.104. The van der Waals surface area contributed by atoms with Gasteiger partial charge in [-0.05, 0) is 36.8 Å². The Morgan fingerprint density at radius 3 is 2.81 bits per heavy atom. The molecule has 0 bridgehead atoms. The zero-order valence-corrected chi connectivity index (χ0v) is 14.5. The Morgan fingerprint density at radius 2 is 2.08 bits per heavy atom. The predicted octanol–water partition coefficient (Wildman–Crippen LogP) is 3.01. The number of para-hydroxylation sites is 2. The van der Waals surface area contributed by atoms with E-state index >= 15 is 0 Å². The van der Waals surface area contributed by atoms with E-state index in [0.717, 1.165) is 0 Å². The molecular weight excluding hydrogens is 339 g/mol. The van der Waals surface area contributed by atoms with Crippen molar-refractivity contribution in [2.24, 2.45) is 0 Å². The second kappa shape index (κ2) is 7.43. The summed E-state index contributed by atoms with van der Waals surface area (Å²) in [5.41, 5.74) is 1.76. The van der Waals surface area contributed by atoms with E-state index in [1.54, 1.807) is 37.3 Å². The maximum Gasteiger partial charge on any atom is 0.419 e. The smallest absolute Gasteiger partial charge is 0.419 e. The molecule has 3 rings (SSSR count). The summed E-state index contributed by atoms with van der Waals surface area (Å²) in [5.74, 6) is -1.07. The van der Waals surface area contributed by atoms with Gasteiger partial charge in [0.2, 0.25) is 5.91 Å². The molecule has 1 atom stereocenters. The van der Waals surface area contributed by atoms with Crippen LogP contribution >= 0.6 is 0 Å². The lowest BCUT2D eigenvalue weighted by atomic mass is 10.1. The van der Waals surface area contributed by atoms with Crippen LogP contribution in [0.5, 0.6) is 5.75 Å². The third kappa shape index (κ3) is 3.61. The number of benzene rings is 2. The largest absolute Gasteiger partial charge is 0.494 e. The number of carbonyl (C=O) groups excluding carboxylic acids is 1. The number of rotatable bonds is 6. The quantitative estimate of drug-likeness (QED) is 0.735. The van der Waals surface area contributed by atoms with Gasteiger partial charge in [0.1, 0.15) is 0 Å². The molecule has 2 aromatic carbocycles. The van der Waals surface area contributed by atoms with Crippen LogP contribution in [0.1, 0.15) is 24.9 Å². The second-order valence-electron chi connectivity index (χ2n) is 5.92. The molecule has 0 fully saturated rings. The predicted molar refractivity (Wildman–Crippen MR) is 94.6 cm³/mol. The fourth-order valence-corrected chi connectivity index (χ4v) is 2.79. The summed E-state index contributed by atoms with van der Waals surface area (Å²) in [5, 5.41) is 2.80. The number of oxazole rings is 1. The van der Waals surface area contributed by atoms with Crippen molar-refractivity contribution < 1.29 is 18.3 Å². The van der Waals surface area contributed by atoms with Crippen LogP contribution in [0.4, 0.5) is 4.39 Å². The van der Waals surface area contributed by atoms with Crippen molar-refractivity contribution in [3.8, 4) is 5.75 Å². The van der Waals surface area contributed by atoms with Crippen molar-refractivity contribution in [3.05, 3.63) is 64.4 Å². The molecule has 0 aliphatic carbocycles. The van der Waals surface area contributed by atoms with Crippen LogP contribution in [0.25, 0.3) is 11.1 Å². The van der Waals surface area contributed by atoms with Gasteiger partial charge < -0.3 is 14.5 Å². The summed E-state index contributed by atoms with van der Waals surface area (Å²) < 4.78 is 25.2. The van der Waals surface area contributed by atoms with E-state index in [1.807, 2.05) is 0 Å². The van der Waals surface area contributed by atoms with Gasteiger partial charge in [-0.1, -0.05) is 18.2 Å². The van der Waals surface area contributed by atoms with Crippen molar-refractivity contribution in [1.82, 2.24) is 9.88 Å². The molecule has 136 valence electrons. The number of carbonyl (C=O) groups is 1. The van der Waals surface area contributed by atoms with Gasteiger partial charge in [-0.3, -0.25) is 9.36 Å². The zero-order chi connectivity index (χ0) is 18.7. The van der Waals surface area contributed by atoms with Crippen LogP contribution in [0.3, 0.4) is 0 Å². The first kappa shape index (κ1) is 17.7. The van der Waals surface area contributed by atoms with E-state index in [2.05, 4.69) is 5.32 Å².